The van der Waals surface area contributed by atoms with Gasteiger partial charge in [-0.3, -0.25) is 4.98 Å². The van der Waals surface area contributed by atoms with E-state index in [1.165, 1.54) is 12.8 Å². The monoisotopic (exact) mass is 241 g/mol. The summed E-state index contributed by atoms with van der Waals surface area (Å²) in [6.45, 7) is 1.92. The Labute approximate surface area is 105 Å². The molecule has 4 rings (SSSR count). The lowest BCUT2D eigenvalue weighted by atomic mass is 10.1. The highest BCUT2D eigenvalue weighted by Gasteiger charge is 2.37. The third-order valence-electron chi connectivity index (χ3n) is 3.74. The van der Waals surface area contributed by atoms with Gasteiger partial charge in [-0.2, -0.15) is 0 Å². The molecule has 0 bridgehead atoms. The van der Waals surface area contributed by atoms with Crippen molar-refractivity contribution in [2.75, 3.05) is 6.54 Å². The molecule has 0 spiro atoms. The number of fused-ring (bicyclic) bond motifs is 1. The van der Waals surface area contributed by atoms with Crippen molar-refractivity contribution in [1.29, 1.82) is 0 Å². The minimum atomic E-state index is 0.392. The maximum absolute atomic E-state index is 4.39. The summed E-state index contributed by atoms with van der Waals surface area (Å²) in [7, 11) is 0. The Hall–Kier alpha value is -1.75. The van der Waals surface area contributed by atoms with Crippen molar-refractivity contribution < 1.29 is 0 Å². The molecule has 18 heavy (non-hydrogen) atoms. The molecule has 0 amide bonds. The van der Waals surface area contributed by atoms with Crippen molar-refractivity contribution in [2.24, 2.45) is 5.92 Å². The Kier molecular flexibility index (Phi) is 2.20. The second-order valence-corrected chi connectivity index (χ2v) is 5.02. The van der Waals surface area contributed by atoms with E-state index in [9.17, 15) is 0 Å². The molecule has 0 radical (unpaired) electrons. The predicted octanol–water partition coefficient (Wildman–Crippen LogP) is 1.39. The molecule has 1 fully saturated rings. The van der Waals surface area contributed by atoms with Gasteiger partial charge < -0.3 is 9.88 Å². The highest BCUT2D eigenvalue weighted by atomic mass is 15.3. The normalized spacial score (nSPS) is 22.8. The molecule has 1 aliphatic heterocycles. The topological polar surface area (TPSA) is 55.6 Å². The molecule has 3 heterocycles. The highest BCUT2D eigenvalue weighted by Crippen LogP contribution is 2.41. The van der Waals surface area contributed by atoms with Gasteiger partial charge in [0.05, 0.1) is 6.04 Å². The van der Waals surface area contributed by atoms with Gasteiger partial charge in [0.1, 0.15) is 5.69 Å². The van der Waals surface area contributed by atoms with E-state index in [4.69, 9.17) is 0 Å². The number of rotatable bonds is 2. The van der Waals surface area contributed by atoms with Crippen LogP contribution in [0.2, 0.25) is 0 Å². The van der Waals surface area contributed by atoms with Gasteiger partial charge in [-0.25, -0.2) is 0 Å². The van der Waals surface area contributed by atoms with Gasteiger partial charge in [0, 0.05) is 19.3 Å². The van der Waals surface area contributed by atoms with Gasteiger partial charge in [-0.1, -0.05) is 6.07 Å². The fourth-order valence-corrected chi connectivity index (χ4v) is 2.68. The van der Waals surface area contributed by atoms with Crippen LogP contribution in [0.1, 0.15) is 24.7 Å². The van der Waals surface area contributed by atoms with Crippen molar-refractivity contribution in [1.82, 2.24) is 25.1 Å². The number of nitrogens with zero attached hydrogens (tertiary/aromatic N) is 4. The quantitative estimate of drug-likeness (QED) is 0.863. The number of hydrogen-bond donors (Lipinski definition) is 1. The van der Waals surface area contributed by atoms with E-state index < -0.39 is 0 Å². The first-order valence-corrected chi connectivity index (χ1v) is 6.51. The first-order chi connectivity index (χ1) is 8.93. The van der Waals surface area contributed by atoms with E-state index in [-0.39, 0.29) is 0 Å². The van der Waals surface area contributed by atoms with Gasteiger partial charge in [0.25, 0.3) is 0 Å². The number of aromatic nitrogens is 4. The van der Waals surface area contributed by atoms with Crippen molar-refractivity contribution in [3.8, 4) is 11.5 Å². The lowest BCUT2D eigenvalue weighted by Gasteiger charge is -2.24. The van der Waals surface area contributed by atoms with Gasteiger partial charge in [0.2, 0.25) is 0 Å². The predicted molar refractivity (Wildman–Crippen MR) is 66.7 cm³/mol. The zero-order valence-electron chi connectivity index (χ0n) is 10.1. The van der Waals surface area contributed by atoms with Crippen molar-refractivity contribution >= 4 is 0 Å². The molecule has 1 unspecified atom stereocenters. The van der Waals surface area contributed by atoms with Crippen LogP contribution >= 0.6 is 0 Å². The highest BCUT2D eigenvalue weighted by molar-refractivity contribution is 5.49. The maximum Gasteiger partial charge on any atom is 0.182 e. The Morgan fingerprint density at radius 2 is 2.17 bits per heavy atom. The van der Waals surface area contributed by atoms with Gasteiger partial charge >= 0.3 is 0 Å². The summed E-state index contributed by atoms with van der Waals surface area (Å²) < 4.78 is 2.22. The van der Waals surface area contributed by atoms with Gasteiger partial charge in [-0.05, 0) is 30.9 Å². The smallest absolute Gasteiger partial charge is 0.182 e. The van der Waals surface area contributed by atoms with Crippen LogP contribution < -0.4 is 5.32 Å². The second-order valence-electron chi connectivity index (χ2n) is 5.02. The number of nitrogens with one attached hydrogen (secondary N) is 1. The summed E-state index contributed by atoms with van der Waals surface area (Å²) in [5, 5.41) is 12.3. The average molecular weight is 241 g/mol. The average Bonchev–Trinajstić information content (AvgIpc) is 3.18. The number of pyridine rings is 1. The molecular formula is C13H15N5. The molecule has 2 aromatic rings. The van der Waals surface area contributed by atoms with E-state index in [1.807, 2.05) is 18.2 Å². The fourth-order valence-electron chi connectivity index (χ4n) is 2.68. The van der Waals surface area contributed by atoms with Crippen LogP contribution in [0.25, 0.3) is 11.5 Å². The van der Waals surface area contributed by atoms with Crippen LogP contribution in [0.3, 0.4) is 0 Å². The summed E-state index contributed by atoms with van der Waals surface area (Å²) in [6.07, 6.45) is 4.42. The Morgan fingerprint density at radius 3 is 2.94 bits per heavy atom. The minimum absolute atomic E-state index is 0.392. The summed E-state index contributed by atoms with van der Waals surface area (Å²) in [5.74, 6) is 2.74. The van der Waals surface area contributed by atoms with E-state index >= 15 is 0 Å². The molecular weight excluding hydrogens is 226 g/mol. The van der Waals surface area contributed by atoms with Gasteiger partial charge in [0.15, 0.2) is 11.6 Å². The lowest BCUT2D eigenvalue weighted by Crippen LogP contribution is -2.35. The van der Waals surface area contributed by atoms with Crippen LogP contribution in [-0.2, 0) is 6.54 Å². The minimum Gasteiger partial charge on any atom is -0.307 e. The maximum atomic E-state index is 4.39. The Morgan fingerprint density at radius 1 is 1.22 bits per heavy atom. The summed E-state index contributed by atoms with van der Waals surface area (Å²) in [6, 6.07) is 6.30. The molecule has 1 atom stereocenters. The van der Waals surface area contributed by atoms with E-state index in [2.05, 4.69) is 25.1 Å². The van der Waals surface area contributed by atoms with Crippen molar-refractivity contribution in [2.45, 2.75) is 25.4 Å². The summed E-state index contributed by atoms with van der Waals surface area (Å²) in [4.78, 5) is 4.37. The molecule has 92 valence electrons. The fraction of sp³-hybridized carbons (Fsp3) is 0.462. The SMILES string of the molecule is c1ccc(-c2nnc3n2CCNC3C2CC2)nc1. The van der Waals surface area contributed by atoms with Crippen LogP contribution in [0.4, 0.5) is 0 Å². The summed E-state index contributed by atoms with van der Waals surface area (Å²) >= 11 is 0. The molecule has 2 aromatic heterocycles. The zero-order valence-corrected chi connectivity index (χ0v) is 10.1. The molecule has 0 saturated heterocycles. The largest absolute Gasteiger partial charge is 0.307 e. The first kappa shape index (κ1) is 10.2. The molecule has 5 heteroatoms. The lowest BCUT2D eigenvalue weighted by molar-refractivity contribution is 0.383. The summed E-state index contributed by atoms with van der Waals surface area (Å²) in [5.41, 5.74) is 0.910. The Bertz CT molecular complexity index is 558. The van der Waals surface area contributed by atoms with E-state index in [0.29, 0.717) is 6.04 Å². The van der Waals surface area contributed by atoms with E-state index in [0.717, 1.165) is 36.4 Å². The van der Waals surface area contributed by atoms with Crippen LogP contribution in [0.15, 0.2) is 24.4 Å². The number of hydrogen-bond acceptors (Lipinski definition) is 4. The first-order valence-electron chi connectivity index (χ1n) is 6.51. The molecule has 0 aromatic carbocycles. The zero-order chi connectivity index (χ0) is 11.9. The van der Waals surface area contributed by atoms with Gasteiger partial charge in [-0.15, -0.1) is 10.2 Å². The molecule has 5 nitrogen and oxygen atoms in total. The standard InChI is InChI=1S/C13H15N5/c1-2-6-14-10(3-1)12-16-17-13-11(9-4-5-9)15-7-8-18(12)13/h1-3,6,9,11,15H,4-5,7-8H2. The van der Waals surface area contributed by atoms with E-state index in [1.54, 1.807) is 6.20 Å². The third-order valence-corrected chi connectivity index (χ3v) is 3.74. The van der Waals surface area contributed by atoms with Crippen molar-refractivity contribution in [3.05, 3.63) is 30.2 Å². The third kappa shape index (κ3) is 1.54. The molecule has 1 N–H and O–H groups in total. The molecule has 1 saturated carbocycles. The van der Waals surface area contributed by atoms with Crippen LogP contribution in [-0.4, -0.2) is 26.3 Å². The van der Waals surface area contributed by atoms with Crippen molar-refractivity contribution in [3.63, 3.8) is 0 Å². The van der Waals surface area contributed by atoms with Crippen LogP contribution in [0, 0.1) is 5.92 Å². The molecule has 2 aliphatic rings. The second kappa shape index (κ2) is 3.88. The van der Waals surface area contributed by atoms with Crippen LogP contribution in [0.5, 0.6) is 0 Å². The Balaban J connectivity index is 1.78. The molecule has 1 aliphatic carbocycles.